The van der Waals surface area contributed by atoms with Gasteiger partial charge in [0.2, 0.25) is 5.91 Å². The molecule has 2 aromatic carbocycles. The highest BCUT2D eigenvalue weighted by atomic mass is 19.2. The number of piperidine rings is 1. The molecule has 3 fully saturated rings. The van der Waals surface area contributed by atoms with Gasteiger partial charge < -0.3 is 14.5 Å². The molecule has 1 aromatic heterocycles. The molecule has 3 saturated heterocycles. The van der Waals surface area contributed by atoms with Crippen molar-refractivity contribution in [1.29, 1.82) is 0 Å². The summed E-state index contributed by atoms with van der Waals surface area (Å²) in [4.78, 5) is 21.1. The first-order valence-electron chi connectivity index (χ1n) is 11.1. The van der Waals surface area contributed by atoms with Crippen LogP contribution in [0.1, 0.15) is 30.7 Å². The minimum Gasteiger partial charge on any atom is -0.494 e. The summed E-state index contributed by atoms with van der Waals surface area (Å²) < 4.78 is 48.1. The molecule has 0 spiro atoms. The van der Waals surface area contributed by atoms with Gasteiger partial charge in [0, 0.05) is 43.3 Å². The van der Waals surface area contributed by atoms with E-state index < -0.39 is 17.5 Å². The summed E-state index contributed by atoms with van der Waals surface area (Å²) in [5, 5.41) is 4.35. The Morgan fingerprint density at radius 1 is 1.09 bits per heavy atom. The maximum absolute atomic E-state index is 13.7. The van der Waals surface area contributed by atoms with Crippen LogP contribution in [0.25, 0.3) is 5.69 Å². The highest BCUT2D eigenvalue weighted by Gasteiger charge is 2.40. The van der Waals surface area contributed by atoms with Crippen LogP contribution in [0.3, 0.4) is 0 Å². The largest absolute Gasteiger partial charge is 0.494 e. The minimum absolute atomic E-state index is 0.000361. The zero-order chi connectivity index (χ0) is 24.0. The Kier molecular flexibility index (Phi) is 5.66. The van der Waals surface area contributed by atoms with Crippen LogP contribution in [-0.4, -0.2) is 51.3 Å². The Morgan fingerprint density at radius 3 is 2.50 bits per heavy atom. The van der Waals surface area contributed by atoms with Crippen LogP contribution < -0.4 is 9.64 Å². The van der Waals surface area contributed by atoms with Crippen molar-refractivity contribution in [3.8, 4) is 11.4 Å². The lowest BCUT2D eigenvalue weighted by molar-refractivity contribution is -0.132. The Balaban J connectivity index is 1.41. The molecule has 6 rings (SSSR count). The second-order valence-corrected chi connectivity index (χ2v) is 8.73. The summed E-state index contributed by atoms with van der Waals surface area (Å²) in [5.74, 6) is -2.81. The van der Waals surface area contributed by atoms with E-state index in [2.05, 4.69) is 15.0 Å². The van der Waals surface area contributed by atoms with Crippen LogP contribution in [0.5, 0.6) is 5.75 Å². The first-order chi connectivity index (χ1) is 16.3. The van der Waals surface area contributed by atoms with Crippen LogP contribution in [0.15, 0.2) is 36.7 Å². The van der Waals surface area contributed by atoms with Crippen LogP contribution in [0.4, 0.5) is 18.9 Å². The predicted octanol–water partition coefficient (Wildman–Crippen LogP) is 3.77. The number of methoxy groups -OCH3 is 1. The SMILES string of the molecule is COc1cc(N2C[C@H]3CC[C@@H]2CC(=O)N3Cc2cc(F)c(F)c(F)c2)ccc1-n1cnc(C)n1. The molecule has 1 amide bonds. The molecule has 0 N–H and O–H groups in total. The number of anilines is 1. The monoisotopic (exact) mass is 471 g/mol. The maximum atomic E-state index is 13.7. The number of ether oxygens (including phenoxy) is 1. The Hall–Kier alpha value is -3.56. The molecule has 3 aromatic rings. The quantitative estimate of drug-likeness (QED) is 0.530. The third kappa shape index (κ3) is 3.97. The number of halogens is 3. The van der Waals surface area contributed by atoms with Crippen molar-refractivity contribution in [3.63, 3.8) is 0 Å². The van der Waals surface area contributed by atoms with Gasteiger partial charge in [-0.2, -0.15) is 5.10 Å². The highest BCUT2D eigenvalue weighted by molar-refractivity contribution is 5.79. The number of carbonyl (C=O) groups excluding carboxylic acids is 1. The number of fused-ring (bicyclic) bond motifs is 4. The van der Waals surface area contributed by atoms with Crippen molar-refractivity contribution >= 4 is 11.6 Å². The van der Waals surface area contributed by atoms with Gasteiger partial charge in [0.15, 0.2) is 17.5 Å². The normalized spacial score (nSPS) is 20.1. The standard InChI is InChI=1S/C24H24F3N5O2/c1-14-28-13-32(29-14)21-6-5-16(9-22(21)34-2)30-12-18-4-3-17(30)10-23(33)31(18)11-15-7-19(25)24(27)20(26)8-15/h5-9,13,17-18H,3-4,10-12H2,1-2H3/t17-,18-/m1/s1. The van der Waals surface area contributed by atoms with Gasteiger partial charge in [-0.3, -0.25) is 4.79 Å². The zero-order valence-electron chi connectivity index (χ0n) is 18.8. The van der Waals surface area contributed by atoms with E-state index in [9.17, 15) is 18.0 Å². The summed E-state index contributed by atoms with van der Waals surface area (Å²) in [5.41, 5.74) is 1.90. The average Bonchev–Trinajstić information content (AvgIpc) is 3.15. The lowest BCUT2D eigenvalue weighted by Crippen LogP contribution is -2.47. The Morgan fingerprint density at radius 2 is 1.82 bits per heavy atom. The van der Waals surface area contributed by atoms with E-state index in [0.717, 1.165) is 36.3 Å². The van der Waals surface area contributed by atoms with Gasteiger partial charge in [0.1, 0.15) is 23.6 Å². The summed E-state index contributed by atoms with van der Waals surface area (Å²) in [6, 6.07) is 7.57. The molecule has 2 atom stereocenters. The van der Waals surface area contributed by atoms with E-state index in [1.165, 1.54) is 0 Å². The molecule has 0 saturated carbocycles. The number of hydrogen-bond acceptors (Lipinski definition) is 5. The van der Waals surface area contributed by atoms with Crippen molar-refractivity contribution in [2.75, 3.05) is 18.6 Å². The van der Waals surface area contributed by atoms with Gasteiger partial charge in [0.25, 0.3) is 0 Å². The molecule has 3 aliphatic rings. The van der Waals surface area contributed by atoms with Gasteiger partial charge in [-0.05, 0) is 49.6 Å². The van der Waals surface area contributed by atoms with Gasteiger partial charge in [0.05, 0.1) is 7.11 Å². The highest BCUT2D eigenvalue weighted by Crippen LogP contribution is 2.36. The molecule has 0 unspecified atom stereocenters. The van der Waals surface area contributed by atoms with Crippen molar-refractivity contribution < 1.29 is 22.7 Å². The van der Waals surface area contributed by atoms with E-state index in [0.29, 0.717) is 18.1 Å². The maximum Gasteiger partial charge on any atom is 0.225 e. The van der Waals surface area contributed by atoms with Gasteiger partial charge in [-0.1, -0.05) is 0 Å². The first kappa shape index (κ1) is 22.2. The van der Waals surface area contributed by atoms with Crippen molar-refractivity contribution in [3.05, 3.63) is 65.5 Å². The predicted molar refractivity (Wildman–Crippen MR) is 118 cm³/mol. The first-order valence-corrected chi connectivity index (χ1v) is 11.1. The zero-order valence-corrected chi connectivity index (χ0v) is 18.8. The molecule has 2 bridgehead atoms. The molecule has 34 heavy (non-hydrogen) atoms. The van der Waals surface area contributed by atoms with Crippen LogP contribution >= 0.6 is 0 Å². The van der Waals surface area contributed by atoms with Crippen molar-refractivity contribution in [1.82, 2.24) is 19.7 Å². The third-order valence-corrected chi connectivity index (χ3v) is 6.60. The smallest absolute Gasteiger partial charge is 0.225 e. The fourth-order valence-corrected chi connectivity index (χ4v) is 4.92. The van der Waals surface area contributed by atoms with E-state index in [1.54, 1.807) is 23.0 Å². The molecule has 0 aliphatic carbocycles. The summed E-state index contributed by atoms with van der Waals surface area (Å²) in [6.07, 6.45) is 3.51. The number of hydrogen-bond donors (Lipinski definition) is 0. The number of aryl methyl sites for hydroxylation is 1. The Bertz CT molecular complexity index is 1220. The summed E-state index contributed by atoms with van der Waals surface area (Å²) in [6.45, 7) is 2.42. The van der Waals surface area contributed by atoms with E-state index in [1.807, 2.05) is 25.1 Å². The van der Waals surface area contributed by atoms with Gasteiger partial charge in [-0.25, -0.2) is 22.8 Å². The number of amides is 1. The lowest BCUT2D eigenvalue weighted by atomic mass is 9.97. The molecule has 3 aliphatic heterocycles. The Labute approximate surface area is 194 Å². The third-order valence-electron chi connectivity index (χ3n) is 6.60. The number of aromatic nitrogens is 3. The molecule has 4 heterocycles. The number of rotatable bonds is 5. The molecular weight excluding hydrogens is 447 g/mol. The second-order valence-electron chi connectivity index (χ2n) is 8.73. The van der Waals surface area contributed by atoms with Crippen molar-refractivity contribution in [2.45, 2.75) is 44.8 Å². The minimum atomic E-state index is -1.50. The van der Waals surface area contributed by atoms with Crippen molar-refractivity contribution in [2.24, 2.45) is 0 Å². The van der Waals surface area contributed by atoms with Crippen LogP contribution in [0, 0.1) is 24.4 Å². The van der Waals surface area contributed by atoms with E-state index in [4.69, 9.17) is 4.74 Å². The van der Waals surface area contributed by atoms with Crippen LogP contribution in [0.2, 0.25) is 0 Å². The fourth-order valence-electron chi connectivity index (χ4n) is 4.92. The number of benzene rings is 2. The van der Waals surface area contributed by atoms with Gasteiger partial charge in [-0.15, -0.1) is 0 Å². The molecule has 178 valence electrons. The van der Waals surface area contributed by atoms with Gasteiger partial charge >= 0.3 is 0 Å². The number of carbonyl (C=O) groups is 1. The summed E-state index contributed by atoms with van der Waals surface area (Å²) in [7, 11) is 1.59. The molecule has 10 heteroatoms. The van der Waals surface area contributed by atoms with E-state index in [-0.39, 0.29) is 36.5 Å². The molecular formula is C24H24F3N5O2. The average molecular weight is 471 g/mol. The molecule has 0 radical (unpaired) electrons. The van der Waals surface area contributed by atoms with Crippen LogP contribution in [-0.2, 0) is 11.3 Å². The fraction of sp³-hybridized carbons (Fsp3) is 0.375. The summed E-state index contributed by atoms with van der Waals surface area (Å²) >= 11 is 0. The molecule has 7 nitrogen and oxygen atoms in total. The topological polar surface area (TPSA) is 63.5 Å². The van der Waals surface area contributed by atoms with E-state index >= 15 is 0 Å². The number of nitrogens with zero attached hydrogens (tertiary/aromatic N) is 5. The lowest BCUT2D eigenvalue weighted by Gasteiger charge is -2.40. The second kappa shape index (κ2) is 8.66.